The highest BCUT2D eigenvalue weighted by Crippen LogP contribution is 2.65. The first kappa shape index (κ1) is 34.8. The molecule has 5 aliphatic carbocycles. The Hall–Kier alpha value is -2.02. The minimum absolute atomic E-state index is 0.0793. The van der Waals surface area contributed by atoms with Gasteiger partial charge in [0.05, 0.1) is 12.5 Å². The van der Waals surface area contributed by atoms with Gasteiger partial charge in [-0.15, -0.1) is 0 Å². The number of ketones is 1. The zero-order chi connectivity index (χ0) is 32.0. The number of benzene rings is 1. The van der Waals surface area contributed by atoms with Gasteiger partial charge in [-0.3, -0.25) is 9.59 Å². The van der Waals surface area contributed by atoms with Crippen molar-refractivity contribution in [2.24, 2.45) is 39.7 Å². The molecule has 5 N–H and O–H groups in total. The van der Waals surface area contributed by atoms with E-state index in [4.69, 9.17) is 10.8 Å². The first-order valence-electron chi connectivity index (χ1n) is 17.5. The maximum atomic E-state index is 11.8. The van der Waals surface area contributed by atoms with Gasteiger partial charge in [-0.05, 0) is 130 Å². The Morgan fingerprint density at radius 1 is 0.977 bits per heavy atom. The maximum Gasteiger partial charge on any atom is 0.303 e. The van der Waals surface area contributed by atoms with Gasteiger partial charge in [0, 0.05) is 12.5 Å². The van der Waals surface area contributed by atoms with Gasteiger partial charge in [0.1, 0.15) is 0 Å². The highest BCUT2D eigenvalue weighted by Gasteiger charge is 2.58. The number of carbonyl (C=O) groups excluding carboxylic acids is 1. The van der Waals surface area contributed by atoms with Gasteiger partial charge in [-0.25, -0.2) is 0 Å². The number of aliphatic hydroxyl groups excluding tert-OH is 1. The van der Waals surface area contributed by atoms with E-state index in [9.17, 15) is 14.7 Å². The molecule has 0 heterocycles. The molecule has 246 valence electrons. The van der Waals surface area contributed by atoms with E-state index in [2.05, 4.69) is 50.4 Å². The van der Waals surface area contributed by atoms with E-state index in [1.807, 2.05) is 19.2 Å². The predicted octanol–water partition coefficient (Wildman–Crippen LogP) is 7.09. The normalized spacial score (nSPS) is 34.4. The van der Waals surface area contributed by atoms with E-state index < -0.39 is 5.97 Å². The largest absolute Gasteiger partial charge is 0.481 e. The number of carboxylic acid groups (broad SMARTS) is 1. The van der Waals surface area contributed by atoms with Gasteiger partial charge < -0.3 is 21.3 Å². The van der Waals surface area contributed by atoms with Gasteiger partial charge in [0.15, 0.2) is 5.78 Å². The van der Waals surface area contributed by atoms with Crippen LogP contribution in [0, 0.1) is 34.0 Å². The topological polar surface area (TPSA) is 113 Å². The summed E-state index contributed by atoms with van der Waals surface area (Å²) in [7, 11) is 1.99. The van der Waals surface area contributed by atoms with Crippen LogP contribution in [0.5, 0.6) is 0 Å². The molecule has 0 aromatic heterocycles. The molecule has 0 bridgehead atoms. The molecule has 0 aliphatic heterocycles. The summed E-state index contributed by atoms with van der Waals surface area (Å²) in [5.74, 6) is 1.87. The zero-order valence-corrected chi connectivity index (χ0v) is 28.0. The molecule has 0 radical (unpaired) electrons. The third-order valence-corrected chi connectivity index (χ3v) is 12.7. The number of allylic oxidation sites excluding steroid dienone is 1. The Kier molecular flexibility index (Phi) is 11.9. The second-order valence-electron chi connectivity index (χ2n) is 15.3. The second-order valence-corrected chi connectivity index (χ2v) is 15.3. The van der Waals surface area contributed by atoms with Crippen LogP contribution in [0.4, 0.5) is 0 Å². The van der Waals surface area contributed by atoms with Crippen LogP contribution in [0.1, 0.15) is 116 Å². The van der Waals surface area contributed by atoms with Crippen molar-refractivity contribution in [3.63, 3.8) is 0 Å². The van der Waals surface area contributed by atoms with Crippen molar-refractivity contribution in [3.05, 3.63) is 47.5 Å². The number of hydrogen-bond donors (Lipinski definition) is 4. The Morgan fingerprint density at radius 3 is 2.32 bits per heavy atom. The number of carboxylic acids is 1. The van der Waals surface area contributed by atoms with E-state index in [1.54, 1.807) is 0 Å². The number of aliphatic hydroxyl groups is 1. The number of aliphatic carboxylic acids is 1. The number of nitrogens with two attached hydrogens (primary N) is 1. The van der Waals surface area contributed by atoms with Crippen LogP contribution < -0.4 is 11.1 Å². The molecule has 5 aliphatic rings. The standard InChI is InChI=1S/C19H28O2.C10H15N.C9H17NO2/c1-18-9-7-13(20)11-12(18)3-4-14-15-5-6-17(21)19(15,2)10-8-16(14)18;1-9(11-2)8-10-6-4-3-5-7-10;10-7-9(6-8(11)12)4-2-1-3-5-9/h11,14-17,21H,3-10H2,1-2H3;3-7,9,11H,8H2,1-2H3;1-7,10H2,(H,11,12)/t14-,15-,16-,17-,18-,19-;9-;/m00./s1. The third kappa shape index (κ3) is 7.85. The lowest BCUT2D eigenvalue weighted by Crippen LogP contribution is -2.51. The third-order valence-electron chi connectivity index (χ3n) is 12.7. The van der Waals surface area contributed by atoms with Crippen molar-refractivity contribution >= 4 is 11.8 Å². The van der Waals surface area contributed by atoms with Crippen molar-refractivity contribution < 1.29 is 19.8 Å². The number of rotatable bonds is 6. The molecule has 0 amide bonds. The lowest BCUT2D eigenvalue weighted by molar-refractivity contribution is -0.140. The van der Waals surface area contributed by atoms with Crippen molar-refractivity contribution in [2.45, 2.75) is 129 Å². The van der Waals surface area contributed by atoms with E-state index >= 15 is 0 Å². The number of nitrogens with one attached hydrogen (secondary N) is 1. The van der Waals surface area contributed by atoms with Crippen molar-refractivity contribution in [3.8, 4) is 0 Å². The molecule has 0 unspecified atom stereocenters. The number of likely N-dealkylation sites (N-methyl/N-ethyl adjacent to an activating group) is 1. The first-order chi connectivity index (χ1) is 21.0. The van der Waals surface area contributed by atoms with Gasteiger partial charge >= 0.3 is 5.97 Å². The molecule has 6 nitrogen and oxygen atoms in total. The molecule has 1 aromatic rings. The van der Waals surface area contributed by atoms with Crippen LogP contribution >= 0.6 is 0 Å². The van der Waals surface area contributed by atoms with Crippen LogP contribution in [-0.4, -0.2) is 47.7 Å². The zero-order valence-electron chi connectivity index (χ0n) is 28.0. The summed E-state index contributed by atoms with van der Waals surface area (Å²) in [5, 5.41) is 22.4. The molecule has 44 heavy (non-hydrogen) atoms. The average molecular weight is 609 g/mol. The quantitative estimate of drug-likeness (QED) is 0.274. The molecular formula is C38H60N2O4. The van der Waals surface area contributed by atoms with Gasteiger partial charge in [0.2, 0.25) is 0 Å². The van der Waals surface area contributed by atoms with Gasteiger partial charge in [-0.2, -0.15) is 0 Å². The maximum absolute atomic E-state index is 11.8. The Morgan fingerprint density at radius 2 is 1.68 bits per heavy atom. The summed E-state index contributed by atoms with van der Waals surface area (Å²) in [5.41, 5.74) is 8.83. The molecule has 6 heteroatoms. The van der Waals surface area contributed by atoms with E-state index in [0.29, 0.717) is 24.3 Å². The lowest BCUT2D eigenvalue weighted by atomic mass is 9.47. The van der Waals surface area contributed by atoms with E-state index in [0.717, 1.165) is 69.6 Å². The molecule has 1 aromatic carbocycles. The van der Waals surface area contributed by atoms with E-state index in [-0.39, 0.29) is 28.8 Å². The molecular weight excluding hydrogens is 548 g/mol. The number of carbonyl (C=O) groups is 2. The average Bonchev–Trinajstić information content (AvgIpc) is 3.32. The fourth-order valence-corrected chi connectivity index (χ4v) is 9.68. The molecule has 4 fully saturated rings. The first-order valence-corrected chi connectivity index (χ1v) is 17.5. The van der Waals surface area contributed by atoms with Gasteiger partial charge in [-0.1, -0.05) is 69.0 Å². The molecule has 7 atom stereocenters. The summed E-state index contributed by atoms with van der Waals surface area (Å²) in [4.78, 5) is 22.4. The van der Waals surface area contributed by atoms with Crippen LogP contribution in [0.15, 0.2) is 42.0 Å². The fourth-order valence-electron chi connectivity index (χ4n) is 9.68. The predicted molar refractivity (Wildman–Crippen MR) is 178 cm³/mol. The highest BCUT2D eigenvalue weighted by atomic mass is 16.4. The molecule has 6 rings (SSSR count). The monoisotopic (exact) mass is 608 g/mol. The second kappa shape index (κ2) is 15.0. The molecule has 0 saturated heterocycles. The van der Waals surface area contributed by atoms with Gasteiger partial charge in [0.25, 0.3) is 0 Å². The highest BCUT2D eigenvalue weighted by molar-refractivity contribution is 5.91. The summed E-state index contributed by atoms with van der Waals surface area (Å²) < 4.78 is 0. The number of fused-ring (bicyclic) bond motifs is 5. The Balaban J connectivity index is 0.000000165. The van der Waals surface area contributed by atoms with Crippen LogP contribution in [0.25, 0.3) is 0 Å². The van der Waals surface area contributed by atoms with Crippen molar-refractivity contribution in [2.75, 3.05) is 13.6 Å². The summed E-state index contributed by atoms with van der Waals surface area (Å²) in [6.07, 6.45) is 17.6. The Bertz CT molecular complexity index is 1130. The lowest BCUT2D eigenvalue weighted by Gasteiger charge is -2.57. The summed E-state index contributed by atoms with van der Waals surface area (Å²) in [6, 6.07) is 11.1. The van der Waals surface area contributed by atoms with E-state index in [1.165, 1.54) is 43.2 Å². The Labute approximate surface area is 266 Å². The smallest absolute Gasteiger partial charge is 0.303 e. The minimum atomic E-state index is -0.706. The van der Waals surface area contributed by atoms with Crippen LogP contribution in [0.2, 0.25) is 0 Å². The SMILES string of the molecule is CN[C@@H](C)Cc1ccccc1.C[C@]12CC[C@H]3[C@@H](CCC4=CC(=O)CC[C@@]43C)[C@@H]1CC[C@@H]2O.NCC1(CC(=O)O)CCCCC1. The minimum Gasteiger partial charge on any atom is -0.481 e. The van der Waals surface area contributed by atoms with Crippen molar-refractivity contribution in [1.29, 1.82) is 0 Å². The van der Waals surface area contributed by atoms with Crippen LogP contribution in [0.3, 0.4) is 0 Å². The molecule has 4 saturated carbocycles. The number of hydrogen-bond acceptors (Lipinski definition) is 5. The summed E-state index contributed by atoms with van der Waals surface area (Å²) in [6.45, 7) is 7.48. The van der Waals surface area contributed by atoms with Crippen molar-refractivity contribution in [1.82, 2.24) is 5.32 Å². The summed E-state index contributed by atoms with van der Waals surface area (Å²) >= 11 is 0. The molecule has 0 spiro atoms. The van der Waals surface area contributed by atoms with Crippen LogP contribution in [-0.2, 0) is 16.0 Å². The fraction of sp³-hybridized carbons (Fsp3) is 0.737.